The molecule has 5 heteroatoms. The number of hydrogen-bond acceptors (Lipinski definition) is 0. The van der Waals surface area contributed by atoms with Crippen LogP contribution < -0.4 is 0 Å². The van der Waals surface area contributed by atoms with E-state index in [1.807, 2.05) is 0 Å². The van der Waals surface area contributed by atoms with Crippen LogP contribution in [0, 0.1) is 0 Å². The third-order valence-electron chi connectivity index (χ3n) is 2.16. The molecule has 0 N–H and O–H groups in total. The fourth-order valence-corrected chi connectivity index (χ4v) is 2.87. The third-order valence-corrected chi connectivity index (χ3v) is 4.31. The molecule has 1 rings (SSSR count). The molecule has 0 aromatic rings. The predicted molar refractivity (Wildman–Crippen MR) is 50.5 cm³/mol. The minimum atomic E-state index is -2.13. The smallest absolute Gasteiger partial charge is 0.173 e. The van der Waals surface area contributed by atoms with Crippen LogP contribution in [0.5, 0.6) is 0 Å². The molecule has 0 saturated heterocycles. The zero-order valence-electron chi connectivity index (χ0n) is 8.24. The number of allylic oxidation sites excluding steroid dienone is 4. The Hall–Kier alpha value is -0.583. The van der Waals surface area contributed by atoms with Gasteiger partial charge in [-0.25, -0.2) is 17.6 Å². The molecule has 14 heavy (non-hydrogen) atoms. The van der Waals surface area contributed by atoms with Gasteiger partial charge < -0.3 is 0 Å². The van der Waals surface area contributed by atoms with Gasteiger partial charge in [0, 0.05) is 0 Å². The molecule has 0 heterocycles. The molecule has 0 fully saturated rings. The maximum atomic E-state index is 13.3. The van der Waals surface area contributed by atoms with Crippen molar-refractivity contribution in [3.05, 3.63) is 22.9 Å². The van der Waals surface area contributed by atoms with Crippen molar-refractivity contribution in [1.82, 2.24) is 0 Å². The Balaban J connectivity index is 3.10. The molecular formula is C9H12F4Si. The van der Waals surface area contributed by atoms with Gasteiger partial charge in [-0.05, 0) is 11.3 Å². The van der Waals surface area contributed by atoms with Crippen molar-refractivity contribution in [2.45, 2.75) is 32.0 Å². The summed E-state index contributed by atoms with van der Waals surface area (Å²) in [5.41, 5.74) is 0. The van der Waals surface area contributed by atoms with Crippen LogP contribution in [-0.4, -0.2) is 20.4 Å². The number of alkyl halides is 2. The van der Waals surface area contributed by atoms with Crippen LogP contribution in [0.3, 0.4) is 0 Å². The van der Waals surface area contributed by atoms with Gasteiger partial charge in [-0.15, -0.1) is 0 Å². The van der Waals surface area contributed by atoms with E-state index in [-0.39, 0.29) is 5.20 Å². The summed E-state index contributed by atoms with van der Waals surface area (Å²) in [6.45, 7) is 5.28. The van der Waals surface area contributed by atoms with Crippen molar-refractivity contribution in [2.75, 3.05) is 0 Å². The molecule has 0 radical (unpaired) electrons. The molecule has 80 valence electrons. The highest BCUT2D eigenvalue weighted by molar-refractivity contribution is 6.83. The molecule has 0 saturated carbocycles. The second kappa shape index (κ2) is 3.53. The molecule has 1 aliphatic carbocycles. The van der Waals surface area contributed by atoms with Gasteiger partial charge in [0.15, 0.2) is 24.0 Å². The van der Waals surface area contributed by atoms with E-state index in [1.54, 1.807) is 19.6 Å². The minimum Gasteiger partial charge on any atom is -0.235 e. The Kier molecular flexibility index (Phi) is 2.90. The SMILES string of the molecule is C[Si](C)(C)C1=CC(F)C(F)=C(F)C1F. The Bertz CT molecular complexity index is 300. The molecular weight excluding hydrogens is 212 g/mol. The quantitative estimate of drug-likeness (QED) is 0.471. The highest BCUT2D eigenvalue weighted by Gasteiger charge is 2.37. The second-order valence-corrected chi connectivity index (χ2v) is 9.41. The number of rotatable bonds is 1. The predicted octanol–water partition coefficient (Wildman–Crippen LogP) is 3.63. The van der Waals surface area contributed by atoms with Crippen LogP contribution in [0.1, 0.15) is 0 Å². The van der Waals surface area contributed by atoms with Gasteiger partial charge >= 0.3 is 0 Å². The summed E-state index contributed by atoms with van der Waals surface area (Å²) in [5, 5.41) is 0.0869. The molecule has 0 nitrogen and oxygen atoms in total. The Morgan fingerprint density at radius 1 is 1.07 bits per heavy atom. The Labute approximate surface area is 81.3 Å². The monoisotopic (exact) mass is 224 g/mol. The first kappa shape index (κ1) is 11.5. The molecule has 2 atom stereocenters. The molecule has 0 bridgehead atoms. The van der Waals surface area contributed by atoms with Crippen molar-refractivity contribution in [3.8, 4) is 0 Å². The van der Waals surface area contributed by atoms with Crippen LogP contribution in [-0.2, 0) is 0 Å². The van der Waals surface area contributed by atoms with Crippen LogP contribution >= 0.6 is 0 Å². The Morgan fingerprint density at radius 2 is 1.57 bits per heavy atom. The molecule has 0 aliphatic heterocycles. The van der Waals surface area contributed by atoms with Crippen LogP contribution in [0.15, 0.2) is 22.9 Å². The van der Waals surface area contributed by atoms with Gasteiger partial charge in [0.05, 0.1) is 8.07 Å². The van der Waals surface area contributed by atoms with E-state index >= 15 is 0 Å². The zero-order chi connectivity index (χ0) is 11.1. The summed E-state index contributed by atoms with van der Waals surface area (Å²) in [5.74, 6) is -3.23. The number of halogens is 4. The van der Waals surface area contributed by atoms with Gasteiger partial charge in [-0.3, -0.25) is 0 Å². The molecule has 2 unspecified atom stereocenters. The first-order valence-corrected chi connectivity index (χ1v) is 7.80. The van der Waals surface area contributed by atoms with E-state index in [0.29, 0.717) is 0 Å². The largest absolute Gasteiger partial charge is 0.235 e. The molecule has 0 amide bonds. The fourth-order valence-electron chi connectivity index (χ4n) is 1.33. The highest BCUT2D eigenvalue weighted by atomic mass is 28.3. The first-order chi connectivity index (χ1) is 6.25. The summed E-state index contributed by atoms with van der Waals surface area (Å²) in [7, 11) is -2.13. The highest BCUT2D eigenvalue weighted by Crippen LogP contribution is 2.35. The third kappa shape index (κ3) is 1.92. The molecule has 1 aliphatic rings. The van der Waals surface area contributed by atoms with Crippen molar-refractivity contribution in [3.63, 3.8) is 0 Å². The average molecular weight is 224 g/mol. The standard InChI is InChI=1S/C9H12F4Si/c1-14(2,3)6-4-5(10)7(11)9(13)8(6)12/h4-5,8H,1-3H3. The van der Waals surface area contributed by atoms with E-state index in [0.717, 1.165) is 6.08 Å². The summed E-state index contributed by atoms with van der Waals surface area (Å²) < 4.78 is 51.7. The van der Waals surface area contributed by atoms with Crippen molar-refractivity contribution >= 4 is 8.07 Å². The first-order valence-electron chi connectivity index (χ1n) is 4.30. The summed E-state index contributed by atoms with van der Waals surface area (Å²) in [6.07, 6.45) is -3.34. The Morgan fingerprint density at radius 3 is 2.00 bits per heavy atom. The lowest BCUT2D eigenvalue weighted by Crippen LogP contribution is -2.34. The maximum absolute atomic E-state index is 13.3. The van der Waals surface area contributed by atoms with E-state index < -0.39 is 32.1 Å². The van der Waals surface area contributed by atoms with Crippen LogP contribution in [0.4, 0.5) is 17.6 Å². The topological polar surface area (TPSA) is 0 Å². The van der Waals surface area contributed by atoms with Crippen LogP contribution in [0.2, 0.25) is 19.6 Å². The lowest BCUT2D eigenvalue weighted by Gasteiger charge is -2.27. The average Bonchev–Trinajstić information content (AvgIpc) is 2.06. The van der Waals surface area contributed by atoms with Gasteiger partial charge in [-0.2, -0.15) is 0 Å². The van der Waals surface area contributed by atoms with Gasteiger partial charge in [0.25, 0.3) is 0 Å². The summed E-state index contributed by atoms with van der Waals surface area (Å²) in [6, 6.07) is 0. The maximum Gasteiger partial charge on any atom is 0.173 e. The van der Waals surface area contributed by atoms with Gasteiger partial charge in [-0.1, -0.05) is 19.6 Å². The van der Waals surface area contributed by atoms with Crippen molar-refractivity contribution < 1.29 is 17.6 Å². The minimum absolute atomic E-state index is 0.0869. The lowest BCUT2D eigenvalue weighted by molar-refractivity contribution is 0.297. The van der Waals surface area contributed by atoms with Gasteiger partial charge in [0.2, 0.25) is 0 Å². The lowest BCUT2D eigenvalue weighted by atomic mass is 10.1. The van der Waals surface area contributed by atoms with Crippen LogP contribution in [0.25, 0.3) is 0 Å². The van der Waals surface area contributed by atoms with E-state index in [1.165, 1.54) is 0 Å². The molecule has 0 aromatic carbocycles. The number of hydrogen-bond donors (Lipinski definition) is 0. The summed E-state index contributed by atoms with van der Waals surface area (Å²) >= 11 is 0. The molecule has 0 aromatic heterocycles. The summed E-state index contributed by atoms with van der Waals surface area (Å²) in [4.78, 5) is 0. The van der Waals surface area contributed by atoms with Crippen molar-refractivity contribution in [2.24, 2.45) is 0 Å². The fraction of sp³-hybridized carbons (Fsp3) is 0.556. The van der Waals surface area contributed by atoms with E-state index in [2.05, 4.69) is 0 Å². The molecule has 0 spiro atoms. The van der Waals surface area contributed by atoms with Crippen molar-refractivity contribution in [1.29, 1.82) is 0 Å². The second-order valence-electron chi connectivity index (χ2n) is 4.33. The normalized spacial score (nSPS) is 29.2. The van der Waals surface area contributed by atoms with E-state index in [4.69, 9.17) is 0 Å². The zero-order valence-corrected chi connectivity index (χ0v) is 9.24. The van der Waals surface area contributed by atoms with Gasteiger partial charge in [0.1, 0.15) is 0 Å². The van der Waals surface area contributed by atoms with E-state index in [9.17, 15) is 17.6 Å².